The number of hydrogen-bond donors (Lipinski definition) is 3. The second kappa shape index (κ2) is 47.6. The summed E-state index contributed by atoms with van der Waals surface area (Å²) in [7, 11) is 0. The predicted molar refractivity (Wildman–Crippen MR) is 259 cm³/mol. The number of rotatable bonds is 45. The topological polar surface area (TPSA) is 95.9 Å². The largest absolute Gasteiger partial charge is 0.462 e. The molecular formula is C54H97NO5. The second-order valence-electron chi connectivity index (χ2n) is 17.2. The number of nitrogens with one attached hydrogen (secondary N) is 1. The molecular weight excluding hydrogens is 743 g/mol. The maximum atomic E-state index is 13.2. The van der Waals surface area contributed by atoms with Crippen LogP contribution in [0.3, 0.4) is 0 Å². The fourth-order valence-corrected chi connectivity index (χ4v) is 7.47. The zero-order chi connectivity index (χ0) is 43.8. The summed E-state index contributed by atoms with van der Waals surface area (Å²) in [5.41, 5.74) is 0. The Kier molecular flexibility index (Phi) is 45.7. The van der Waals surface area contributed by atoms with Crippen LogP contribution in [0.2, 0.25) is 0 Å². The highest BCUT2D eigenvalue weighted by atomic mass is 16.5. The lowest BCUT2D eigenvalue weighted by atomic mass is 10.0. The summed E-state index contributed by atoms with van der Waals surface area (Å²) in [6.45, 7) is 6.34. The van der Waals surface area contributed by atoms with E-state index in [1.807, 2.05) is 0 Å². The van der Waals surface area contributed by atoms with Crippen LogP contribution >= 0.6 is 0 Å². The van der Waals surface area contributed by atoms with E-state index in [1.165, 1.54) is 96.3 Å². The summed E-state index contributed by atoms with van der Waals surface area (Å²) < 4.78 is 5.91. The van der Waals surface area contributed by atoms with Crippen LogP contribution in [0.1, 0.15) is 245 Å². The van der Waals surface area contributed by atoms with Gasteiger partial charge >= 0.3 is 5.97 Å². The summed E-state index contributed by atoms with van der Waals surface area (Å²) in [6.07, 6.45) is 58.6. The highest BCUT2D eigenvalue weighted by Gasteiger charge is 2.24. The van der Waals surface area contributed by atoms with Crippen molar-refractivity contribution in [2.75, 3.05) is 6.61 Å². The van der Waals surface area contributed by atoms with E-state index in [4.69, 9.17) is 4.74 Å². The Bertz CT molecular complexity index is 1080. The van der Waals surface area contributed by atoms with Crippen molar-refractivity contribution < 1.29 is 24.5 Å². The van der Waals surface area contributed by atoms with E-state index < -0.39 is 18.2 Å². The Morgan fingerprint density at radius 3 is 1.40 bits per heavy atom. The van der Waals surface area contributed by atoms with Crippen molar-refractivity contribution in [2.45, 2.75) is 264 Å². The van der Waals surface area contributed by atoms with Gasteiger partial charge in [-0.25, -0.2) is 0 Å². The molecule has 6 heteroatoms. The first-order valence-electron chi connectivity index (χ1n) is 25.5. The first-order chi connectivity index (χ1) is 29.5. The normalized spacial score (nSPS) is 13.8. The molecule has 0 aromatic rings. The Morgan fingerprint density at radius 2 is 0.900 bits per heavy atom. The molecule has 0 saturated carbocycles. The van der Waals surface area contributed by atoms with Crippen molar-refractivity contribution in [2.24, 2.45) is 0 Å². The van der Waals surface area contributed by atoms with Gasteiger partial charge in [-0.05, 0) is 89.9 Å². The van der Waals surface area contributed by atoms with Crippen LogP contribution in [0.4, 0.5) is 0 Å². The van der Waals surface area contributed by atoms with Gasteiger partial charge in [-0.1, -0.05) is 204 Å². The molecule has 6 nitrogen and oxygen atoms in total. The molecule has 0 aromatic heterocycles. The maximum Gasteiger partial charge on any atom is 0.306 e. The number of aliphatic hydroxyl groups is 2. The number of unbranched alkanes of at least 4 members (excludes halogenated alkanes) is 23. The van der Waals surface area contributed by atoms with E-state index in [0.717, 1.165) is 103 Å². The molecule has 0 saturated heterocycles. The lowest BCUT2D eigenvalue weighted by molar-refractivity contribution is -0.151. The van der Waals surface area contributed by atoms with Crippen LogP contribution in [0.5, 0.6) is 0 Å². The van der Waals surface area contributed by atoms with Gasteiger partial charge in [0.25, 0.3) is 0 Å². The molecule has 0 fully saturated rings. The monoisotopic (exact) mass is 840 g/mol. The zero-order valence-electron chi connectivity index (χ0n) is 39.6. The minimum absolute atomic E-state index is 0.0530. The molecule has 0 aromatic carbocycles. The van der Waals surface area contributed by atoms with Crippen molar-refractivity contribution >= 4 is 11.9 Å². The predicted octanol–water partition coefficient (Wildman–Crippen LogP) is 15.2. The molecule has 0 aliphatic rings. The van der Waals surface area contributed by atoms with Gasteiger partial charge in [-0.2, -0.15) is 0 Å². The van der Waals surface area contributed by atoms with Crippen molar-refractivity contribution in [1.29, 1.82) is 0 Å². The molecule has 0 aliphatic carbocycles. The van der Waals surface area contributed by atoms with E-state index in [-0.39, 0.29) is 24.9 Å². The molecule has 60 heavy (non-hydrogen) atoms. The smallest absolute Gasteiger partial charge is 0.306 e. The van der Waals surface area contributed by atoms with Crippen LogP contribution in [-0.4, -0.2) is 46.9 Å². The van der Waals surface area contributed by atoms with Crippen molar-refractivity contribution in [3.8, 4) is 0 Å². The first kappa shape index (κ1) is 57.6. The number of allylic oxidation sites excluding steroid dienone is 10. The van der Waals surface area contributed by atoms with Gasteiger partial charge < -0.3 is 20.3 Å². The Hall–Kier alpha value is -2.44. The molecule has 348 valence electrons. The zero-order valence-corrected chi connectivity index (χ0v) is 39.6. The molecule has 3 unspecified atom stereocenters. The highest BCUT2D eigenvalue weighted by Crippen LogP contribution is 2.17. The van der Waals surface area contributed by atoms with Crippen LogP contribution in [-0.2, 0) is 14.3 Å². The summed E-state index contributed by atoms with van der Waals surface area (Å²) in [5.74, 6) is -0.525. The molecule has 0 radical (unpaired) electrons. The third-order valence-electron chi connectivity index (χ3n) is 11.3. The molecule has 0 bridgehead atoms. The third-order valence-corrected chi connectivity index (χ3v) is 11.3. The van der Waals surface area contributed by atoms with E-state index in [0.29, 0.717) is 19.3 Å². The number of ether oxygens (including phenoxy) is 1. The quantitative estimate of drug-likeness (QED) is 0.0322. The van der Waals surface area contributed by atoms with E-state index in [1.54, 1.807) is 0 Å². The fraction of sp³-hybridized carbons (Fsp3) is 0.778. The summed E-state index contributed by atoms with van der Waals surface area (Å²) in [4.78, 5) is 26.1. The van der Waals surface area contributed by atoms with Gasteiger partial charge in [0.2, 0.25) is 5.91 Å². The summed E-state index contributed by atoms with van der Waals surface area (Å²) in [6, 6.07) is -0.713. The third kappa shape index (κ3) is 42.3. The van der Waals surface area contributed by atoms with Crippen LogP contribution < -0.4 is 5.32 Å². The number of esters is 1. The second-order valence-corrected chi connectivity index (χ2v) is 17.2. The van der Waals surface area contributed by atoms with Crippen molar-refractivity contribution in [3.05, 3.63) is 60.8 Å². The van der Waals surface area contributed by atoms with E-state index in [2.05, 4.69) is 86.8 Å². The fourth-order valence-electron chi connectivity index (χ4n) is 7.47. The number of carbonyl (C=O) groups excluding carboxylic acids is 2. The van der Waals surface area contributed by atoms with E-state index >= 15 is 0 Å². The number of carbonyl (C=O) groups is 2. The average Bonchev–Trinajstić information content (AvgIpc) is 3.24. The van der Waals surface area contributed by atoms with Gasteiger partial charge in [0.1, 0.15) is 6.10 Å². The SMILES string of the molecule is CC/C=C/C/C=C/C/C=C/C/C=C/CCCCCC(=O)OC(CCCCC/C=C/CCCCCCCCCCC)CC(=O)NC(CO)C(O)CCCCCCCCCCC. The number of hydrogen-bond acceptors (Lipinski definition) is 5. The number of amides is 1. The average molecular weight is 840 g/mol. The van der Waals surface area contributed by atoms with Gasteiger partial charge in [-0.3, -0.25) is 9.59 Å². The van der Waals surface area contributed by atoms with Crippen LogP contribution in [0.15, 0.2) is 60.8 Å². The lowest BCUT2D eigenvalue weighted by Gasteiger charge is -2.24. The van der Waals surface area contributed by atoms with Crippen molar-refractivity contribution in [3.63, 3.8) is 0 Å². The Morgan fingerprint density at radius 1 is 0.500 bits per heavy atom. The molecule has 3 N–H and O–H groups in total. The number of aliphatic hydroxyl groups excluding tert-OH is 2. The molecule has 0 spiro atoms. The molecule has 0 rings (SSSR count). The molecule has 0 aliphatic heterocycles. The minimum atomic E-state index is -0.797. The van der Waals surface area contributed by atoms with Crippen LogP contribution in [0.25, 0.3) is 0 Å². The maximum absolute atomic E-state index is 13.2. The summed E-state index contributed by atoms with van der Waals surface area (Å²) in [5, 5.41) is 23.7. The van der Waals surface area contributed by atoms with Gasteiger partial charge in [-0.15, -0.1) is 0 Å². The van der Waals surface area contributed by atoms with Gasteiger partial charge in [0, 0.05) is 6.42 Å². The van der Waals surface area contributed by atoms with Gasteiger partial charge in [0.05, 0.1) is 25.2 Å². The van der Waals surface area contributed by atoms with E-state index in [9.17, 15) is 19.8 Å². The van der Waals surface area contributed by atoms with Crippen LogP contribution in [0, 0.1) is 0 Å². The first-order valence-corrected chi connectivity index (χ1v) is 25.5. The highest BCUT2D eigenvalue weighted by molar-refractivity contribution is 5.77. The lowest BCUT2D eigenvalue weighted by Crippen LogP contribution is -2.46. The molecule has 3 atom stereocenters. The Labute approximate surface area is 371 Å². The van der Waals surface area contributed by atoms with Gasteiger partial charge in [0.15, 0.2) is 0 Å². The summed E-state index contributed by atoms with van der Waals surface area (Å²) >= 11 is 0. The standard InChI is InChI=1S/C54H97NO5/c1-4-7-10-13-16-19-21-23-25-27-29-31-34-36-39-42-45-50(48-53(58)55-51(49-56)52(57)46-43-40-37-33-18-15-12-9-6-3)60-54(59)47-44-41-38-35-32-30-28-26-24-22-20-17-14-11-8-5-2/h8,11,17,20,24,26,29-32,50-52,56-57H,4-7,9-10,12-16,18-19,21-23,25,27-28,33-49H2,1-3H3,(H,55,58)/b11-8+,20-17+,26-24+,31-29+,32-30+. The van der Waals surface area contributed by atoms with Crippen molar-refractivity contribution in [1.82, 2.24) is 5.32 Å². The molecule has 0 heterocycles. The Balaban J connectivity index is 4.66. The minimum Gasteiger partial charge on any atom is -0.462 e. The molecule has 1 amide bonds.